The van der Waals surface area contributed by atoms with Crippen molar-refractivity contribution < 1.29 is 18.9 Å². The molecule has 0 fully saturated rings. The molecule has 0 amide bonds. The van der Waals surface area contributed by atoms with Gasteiger partial charge in [0.05, 0.1) is 5.56 Å². The summed E-state index contributed by atoms with van der Waals surface area (Å²) in [5, 5.41) is 8.32. The van der Waals surface area contributed by atoms with Crippen molar-refractivity contribution in [2.24, 2.45) is 5.16 Å². The lowest BCUT2D eigenvalue weighted by Gasteiger charge is -2.29. The van der Waals surface area contributed by atoms with Gasteiger partial charge in [0.25, 0.3) is 11.7 Å². The van der Waals surface area contributed by atoms with Crippen molar-refractivity contribution in [2.45, 2.75) is 5.79 Å². The van der Waals surface area contributed by atoms with Gasteiger partial charge in [0, 0.05) is 16.7 Å². The number of benzene rings is 3. The first-order valence-corrected chi connectivity index (χ1v) is 9.48. The molecule has 0 radical (unpaired) electrons. The van der Waals surface area contributed by atoms with E-state index in [0.29, 0.717) is 28.1 Å². The predicted molar refractivity (Wildman–Crippen MR) is 109 cm³/mol. The highest BCUT2D eigenvalue weighted by Gasteiger charge is 2.58. The Hall–Kier alpha value is -4.19. The van der Waals surface area contributed by atoms with E-state index < -0.39 is 11.6 Å². The number of hydrogen-bond acceptors (Lipinski definition) is 6. The number of ether oxygens (including phenoxy) is 1. The molecule has 0 bridgehead atoms. The number of aromatic nitrogens is 1. The fraction of sp³-hybridized carbons (Fsp3) is 0.0417. The quantitative estimate of drug-likeness (QED) is 0.490. The van der Waals surface area contributed by atoms with Gasteiger partial charge >= 0.3 is 5.79 Å². The van der Waals surface area contributed by atoms with Crippen LogP contribution < -0.4 is 0 Å². The summed E-state index contributed by atoms with van der Waals surface area (Å²) in [5.41, 5.74) is 3.49. The van der Waals surface area contributed by atoms with Gasteiger partial charge in [-0.3, -0.25) is 4.79 Å². The van der Waals surface area contributed by atoms with Crippen molar-refractivity contribution in [2.75, 3.05) is 0 Å². The number of Topliss-reactive ketones (excluding diaryl/α,β-unsaturated/α-hetero) is 1. The molecule has 0 N–H and O–H groups in total. The Balaban J connectivity index is 1.54. The summed E-state index contributed by atoms with van der Waals surface area (Å²) in [6.07, 6.45) is 0. The first kappa shape index (κ1) is 16.7. The summed E-state index contributed by atoms with van der Waals surface area (Å²) in [5.74, 6) is -1.46. The van der Waals surface area contributed by atoms with Crippen molar-refractivity contribution in [3.05, 3.63) is 102 Å². The molecule has 1 aromatic heterocycles. The molecule has 30 heavy (non-hydrogen) atoms. The Morgan fingerprint density at radius 3 is 2.20 bits per heavy atom. The molecule has 0 saturated carbocycles. The Labute approximate surface area is 171 Å². The lowest BCUT2D eigenvalue weighted by atomic mass is 9.83. The van der Waals surface area contributed by atoms with Crippen molar-refractivity contribution in [3.8, 4) is 22.6 Å². The first-order chi connectivity index (χ1) is 14.8. The number of rotatable bonds is 2. The summed E-state index contributed by atoms with van der Waals surface area (Å²) in [6.45, 7) is 0. The topological polar surface area (TPSA) is 73.9 Å². The van der Waals surface area contributed by atoms with E-state index in [-0.39, 0.29) is 5.90 Å². The van der Waals surface area contributed by atoms with Gasteiger partial charge < -0.3 is 14.1 Å². The monoisotopic (exact) mass is 394 g/mol. The molecular formula is C24H14N2O4. The van der Waals surface area contributed by atoms with Crippen LogP contribution in [0.4, 0.5) is 0 Å². The molecule has 144 valence electrons. The van der Waals surface area contributed by atoms with Gasteiger partial charge in [0.15, 0.2) is 5.76 Å². The van der Waals surface area contributed by atoms with Crippen LogP contribution in [0.5, 0.6) is 0 Å². The maximum absolute atomic E-state index is 13.8. The molecule has 4 aromatic rings. The number of nitrogens with zero attached hydrogens (tertiary/aromatic N) is 2. The lowest BCUT2D eigenvalue weighted by Crippen LogP contribution is -2.41. The zero-order valence-electron chi connectivity index (χ0n) is 15.6. The van der Waals surface area contributed by atoms with Crippen LogP contribution in [-0.2, 0) is 15.4 Å². The third-order valence-electron chi connectivity index (χ3n) is 5.31. The molecule has 1 unspecified atom stereocenters. The molecule has 1 spiro atoms. The van der Waals surface area contributed by atoms with Crippen LogP contribution in [0.15, 0.2) is 94.6 Å². The zero-order valence-corrected chi connectivity index (χ0v) is 15.6. The highest BCUT2D eigenvalue weighted by atomic mass is 16.8. The third-order valence-corrected chi connectivity index (χ3v) is 5.31. The number of ketones is 1. The second-order valence-corrected chi connectivity index (χ2v) is 7.05. The van der Waals surface area contributed by atoms with Gasteiger partial charge in [-0.2, -0.15) is 0 Å². The van der Waals surface area contributed by atoms with Crippen LogP contribution in [0, 0.1) is 0 Å². The Kier molecular flexibility index (Phi) is 3.43. The molecule has 6 rings (SSSR count). The highest BCUT2D eigenvalue weighted by molar-refractivity contribution is 6.15. The van der Waals surface area contributed by atoms with E-state index >= 15 is 0 Å². The number of carbonyl (C=O) groups excluding carboxylic acids is 1. The minimum atomic E-state index is -1.72. The van der Waals surface area contributed by atoms with Crippen LogP contribution in [0.2, 0.25) is 0 Å². The van der Waals surface area contributed by atoms with Crippen molar-refractivity contribution in [1.82, 2.24) is 5.16 Å². The third kappa shape index (κ3) is 2.21. The summed E-state index contributed by atoms with van der Waals surface area (Å²) in [6, 6.07) is 26.1. The maximum atomic E-state index is 13.8. The van der Waals surface area contributed by atoms with Crippen LogP contribution in [0.3, 0.4) is 0 Å². The van der Waals surface area contributed by atoms with E-state index in [1.54, 1.807) is 6.07 Å². The molecule has 2 aliphatic rings. The summed E-state index contributed by atoms with van der Waals surface area (Å²) >= 11 is 0. The lowest BCUT2D eigenvalue weighted by molar-refractivity contribution is -0.129. The number of carbonyl (C=O) groups is 1. The normalized spacial score (nSPS) is 18.9. The summed E-state index contributed by atoms with van der Waals surface area (Å²) < 4.78 is 11.8. The van der Waals surface area contributed by atoms with Crippen molar-refractivity contribution in [1.29, 1.82) is 0 Å². The van der Waals surface area contributed by atoms with E-state index in [0.717, 1.165) is 11.1 Å². The van der Waals surface area contributed by atoms with Crippen LogP contribution in [-0.4, -0.2) is 16.8 Å². The fourth-order valence-electron chi connectivity index (χ4n) is 3.90. The van der Waals surface area contributed by atoms with Crippen LogP contribution in [0.1, 0.15) is 21.5 Å². The molecule has 2 heterocycles. The summed E-state index contributed by atoms with van der Waals surface area (Å²) in [4.78, 5) is 19.6. The van der Waals surface area contributed by atoms with Gasteiger partial charge in [-0.15, -0.1) is 0 Å². The minimum Gasteiger partial charge on any atom is -0.419 e. The van der Waals surface area contributed by atoms with Crippen LogP contribution >= 0.6 is 0 Å². The van der Waals surface area contributed by atoms with Gasteiger partial charge in [-0.25, -0.2) is 0 Å². The molecule has 3 aromatic carbocycles. The Morgan fingerprint density at radius 1 is 0.767 bits per heavy atom. The molecule has 1 aliphatic heterocycles. The number of fused-ring (bicyclic) bond motifs is 4. The van der Waals surface area contributed by atoms with Gasteiger partial charge in [-0.05, 0) is 23.4 Å². The maximum Gasteiger partial charge on any atom is 0.369 e. The van der Waals surface area contributed by atoms with Crippen molar-refractivity contribution in [3.63, 3.8) is 0 Å². The van der Waals surface area contributed by atoms with E-state index in [1.807, 2.05) is 78.9 Å². The zero-order chi connectivity index (χ0) is 20.1. The second kappa shape index (κ2) is 6.15. The fourth-order valence-corrected chi connectivity index (χ4v) is 3.90. The first-order valence-electron chi connectivity index (χ1n) is 9.48. The highest BCUT2D eigenvalue weighted by Crippen LogP contribution is 2.49. The Bertz CT molecular complexity index is 1300. The number of oxime groups is 1. The molecule has 1 atom stereocenters. The predicted octanol–water partition coefficient (Wildman–Crippen LogP) is 4.77. The van der Waals surface area contributed by atoms with E-state index in [2.05, 4.69) is 10.3 Å². The van der Waals surface area contributed by atoms with E-state index in [4.69, 9.17) is 14.1 Å². The average molecular weight is 394 g/mol. The largest absolute Gasteiger partial charge is 0.419 e. The summed E-state index contributed by atoms with van der Waals surface area (Å²) in [7, 11) is 0. The standard InChI is InChI=1S/C24H14N2O4/c27-22-19-20(15-9-3-1-4-10-15)25-29-21(19)17-13-7-8-14-18(17)24(22)28-23(26-30-24)16-11-5-2-6-12-16/h1-14H. The molecular weight excluding hydrogens is 380 g/mol. The molecule has 1 aliphatic carbocycles. The van der Waals surface area contributed by atoms with Gasteiger partial charge in [0.2, 0.25) is 0 Å². The van der Waals surface area contributed by atoms with Crippen LogP contribution in [0.25, 0.3) is 22.6 Å². The van der Waals surface area contributed by atoms with Gasteiger partial charge in [-0.1, -0.05) is 71.9 Å². The number of hydrogen-bond donors (Lipinski definition) is 0. The minimum absolute atomic E-state index is 0.250. The van der Waals surface area contributed by atoms with E-state index in [9.17, 15) is 4.79 Å². The Morgan fingerprint density at radius 2 is 1.43 bits per heavy atom. The molecule has 0 saturated heterocycles. The smallest absolute Gasteiger partial charge is 0.369 e. The van der Waals surface area contributed by atoms with Crippen molar-refractivity contribution >= 4 is 11.7 Å². The molecule has 6 heteroatoms. The van der Waals surface area contributed by atoms with Gasteiger partial charge in [0.1, 0.15) is 11.3 Å². The molecule has 6 nitrogen and oxygen atoms in total. The average Bonchev–Trinajstić information content (AvgIpc) is 3.45. The second-order valence-electron chi connectivity index (χ2n) is 7.05. The SMILES string of the molecule is O=C1c2c(-c3ccccc3)noc2-c2ccccc2C12ON=C(c1ccccc1)O2. The van der Waals surface area contributed by atoms with E-state index in [1.165, 1.54) is 0 Å².